The predicted molar refractivity (Wildman–Crippen MR) is 49.8 cm³/mol. The predicted octanol–water partition coefficient (Wildman–Crippen LogP) is 1.74. The molecule has 1 aromatic heterocycles. The number of nitrogens with one attached hydrogen (secondary N) is 1. The van der Waals surface area contributed by atoms with Crippen LogP contribution < -0.4 is 0 Å². The van der Waals surface area contributed by atoms with Crippen LogP contribution in [0.2, 0.25) is 0 Å². The van der Waals surface area contributed by atoms with Gasteiger partial charge in [-0.2, -0.15) is 0 Å². The molecule has 0 aliphatic carbocycles. The van der Waals surface area contributed by atoms with Crippen molar-refractivity contribution in [1.29, 1.82) is 0 Å². The van der Waals surface area contributed by atoms with Gasteiger partial charge in [0.1, 0.15) is 5.78 Å². The highest BCUT2D eigenvalue weighted by molar-refractivity contribution is 5.92. The van der Waals surface area contributed by atoms with Gasteiger partial charge in [0.05, 0.1) is 5.69 Å². The number of carbonyl (C=O) groups is 2. The van der Waals surface area contributed by atoms with E-state index in [4.69, 9.17) is 0 Å². The molecule has 0 saturated carbocycles. The van der Waals surface area contributed by atoms with E-state index < -0.39 is 0 Å². The summed E-state index contributed by atoms with van der Waals surface area (Å²) in [5, 5.41) is 0. The number of H-pyrrole nitrogens is 1. The molecule has 0 aromatic carbocycles. The largest absolute Gasteiger partial charge is 0.356 e. The Hall–Kier alpha value is -1.38. The molecule has 0 spiro atoms. The van der Waals surface area contributed by atoms with Crippen molar-refractivity contribution in [3.05, 3.63) is 23.5 Å². The lowest BCUT2D eigenvalue weighted by Crippen LogP contribution is -1.96. The third-order valence-corrected chi connectivity index (χ3v) is 1.87. The zero-order valence-electron chi connectivity index (χ0n) is 7.89. The highest BCUT2D eigenvalue weighted by atomic mass is 16.1. The molecule has 0 fully saturated rings. The Bertz CT molecular complexity index is 325. The summed E-state index contributed by atoms with van der Waals surface area (Å²) in [6.45, 7) is 3.08. The van der Waals surface area contributed by atoms with Gasteiger partial charge >= 0.3 is 0 Å². The summed E-state index contributed by atoms with van der Waals surface area (Å²) in [7, 11) is 0. The topological polar surface area (TPSA) is 49.9 Å². The van der Waals surface area contributed by atoms with Gasteiger partial charge in [0.25, 0.3) is 0 Å². The van der Waals surface area contributed by atoms with Crippen LogP contribution >= 0.6 is 0 Å². The van der Waals surface area contributed by atoms with E-state index in [0.29, 0.717) is 18.5 Å². The van der Waals surface area contributed by atoms with E-state index in [1.807, 2.05) is 6.07 Å². The summed E-state index contributed by atoms with van der Waals surface area (Å²) < 4.78 is 0. The smallest absolute Gasteiger partial charge is 0.175 e. The fraction of sp³-hybridized carbons (Fsp3) is 0.400. The normalized spacial score (nSPS) is 10.0. The van der Waals surface area contributed by atoms with Gasteiger partial charge < -0.3 is 9.78 Å². The van der Waals surface area contributed by atoms with Crippen LogP contribution in [-0.4, -0.2) is 16.6 Å². The van der Waals surface area contributed by atoms with Crippen molar-refractivity contribution in [1.82, 2.24) is 4.98 Å². The van der Waals surface area contributed by atoms with Crippen LogP contribution in [0.4, 0.5) is 0 Å². The first-order valence-corrected chi connectivity index (χ1v) is 4.28. The number of carbonyl (C=O) groups excluding carboxylic acids is 2. The Kier molecular flexibility index (Phi) is 3.01. The van der Waals surface area contributed by atoms with Gasteiger partial charge in [0.2, 0.25) is 0 Å². The molecule has 0 amide bonds. The van der Waals surface area contributed by atoms with Gasteiger partial charge in [0.15, 0.2) is 5.78 Å². The van der Waals surface area contributed by atoms with Crippen molar-refractivity contribution in [2.75, 3.05) is 0 Å². The molecule has 0 atom stereocenters. The van der Waals surface area contributed by atoms with Crippen molar-refractivity contribution in [3.8, 4) is 0 Å². The second-order valence-electron chi connectivity index (χ2n) is 3.16. The Morgan fingerprint density at radius 3 is 2.46 bits per heavy atom. The fourth-order valence-corrected chi connectivity index (χ4v) is 1.10. The van der Waals surface area contributed by atoms with Crippen LogP contribution in [0.15, 0.2) is 12.1 Å². The number of hydrogen-bond acceptors (Lipinski definition) is 2. The average Bonchev–Trinajstić information content (AvgIpc) is 2.48. The van der Waals surface area contributed by atoms with E-state index in [-0.39, 0.29) is 11.6 Å². The zero-order chi connectivity index (χ0) is 9.84. The molecular weight excluding hydrogens is 166 g/mol. The summed E-state index contributed by atoms with van der Waals surface area (Å²) in [5.74, 6) is 0.188. The van der Waals surface area contributed by atoms with Gasteiger partial charge in [-0.25, -0.2) is 0 Å². The molecule has 0 bridgehead atoms. The maximum atomic E-state index is 10.9. The Labute approximate surface area is 77.2 Å². The van der Waals surface area contributed by atoms with Crippen LogP contribution in [0.25, 0.3) is 0 Å². The molecule has 1 aromatic rings. The van der Waals surface area contributed by atoms with E-state index in [2.05, 4.69) is 4.98 Å². The number of aromatic amines is 1. The third-order valence-electron chi connectivity index (χ3n) is 1.87. The van der Waals surface area contributed by atoms with E-state index in [9.17, 15) is 9.59 Å². The van der Waals surface area contributed by atoms with Gasteiger partial charge in [0, 0.05) is 19.0 Å². The first kappa shape index (κ1) is 9.71. The van der Waals surface area contributed by atoms with E-state index in [0.717, 1.165) is 5.69 Å². The fourth-order valence-electron chi connectivity index (χ4n) is 1.10. The van der Waals surface area contributed by atoms with Crippen molar-refractivity contribution in [2.45, 2.75) is 26.7 Å². The van der Waals surface area contributed by atoms with Crippen molar-refractivity contribution < 1.29 is 9.59 Å². The lowest BCUT2D eigenvalue weighted by molar-refractivity contribution is -0.116. The van der Waals surface area contributed by atoms with Crippen LogP contribution in [0, 0.1) is 0 Å². The van der Waals surface area contributed by atoms with Crippen molar-refractivity contribution in [2.24, 2.45) is 0 Å². The van der Waals surface area contributed by atoms with Crippen molar-refractivity contribution in [3.63, 3.8) is 0 Å². The van der Waals surface area contributed by atoms with Gasteiger partial charge in [-0.1, -0.05) is 0 Å². The van der Waals surface area contributed by atoms with Gasteiger partial charge in [-0.05, 0) is 25.5 Å². The summed E-state index contributed by atoms with van der Waals surface area (Å²) in [4.78, 5) is 24.5. The van der Waals surface area contributed by atoms with Crippen molar-refractivity contribution >= 4 is 11.6 Å². The van der Waals surface area contributed by atoms with Crippen LogP contribution in [0.5, 0.6) is 0 Å². The van der Waals surface area contributed by atoms with Crippen LogP contribution in [0.3, 0.4) is 0 Å². The monoisotopic (exact) mass is 179 g/mol. The quantitative estimate of drug-likeness (QED) is 0.716. The van der Waals surface area contributed by atoms with E-state index in [1.54, 1.807) is 13.0 Å². The molecule has 1 N–H and O–H groups in total. The molecule has 0 unspecified atom stereocenters. The summed E-state index contributed by atoms with van der Waals surface area (Å²) in [6, 6.07) is 3.59. The minimum atomic E-state index is 0.0223. The molecule has 0 saturated heterocycles. The number of rotatable bonds is 4. The number of aromatic nitrogens is 1. The molecule has 3 heteroatoms. The maximum Gasteiger partial charge on any atom is 0.175 e. The highest BCUT2D eigenvalue weighted by Gasteiger charge is 2.03. The number of Topliss-reactive ketones (excluding diaryl/α,β-unsaturated/α-hetero) is 2. The summed E-state index contributed by atoms with van der Waals surface area (Å²) >= 11 is 0. The standard InChI is InChI=1S/C10H13NO2/c1-7(12)3-4-9-5-6-10(11-9)8(2)13/h5-6,11H,3-4H2,1-2H3. The summed E-state index contributed by atoms with van der Waals surface area (Å²) in [5.41, 5.74) is 1.55. The second kappa shape index (κ2) is 4.03. The minimum absolute atomic E-state index is 0.0223. The minimum Gasteiger partial charge on any atom is -0.356 e. The second-order valence-corrected chi connectivity index (χ2v) is 3.16. The molecule has 0 radical (unpaired) electrons. The van der Waals surface area contributed by atoms with E-state index in [1.165, 1.54) is 6.92 Å². The highest BCUT2D eigenvalue weighted by Crippen LogP contribution is 2.05. The molecule has 0 aliphatic rings. The Balaban J connectivity index is 2.59. The van der Waals surface area contributed by atoms with Crippen LogP contribution in [-0.2, 0) is 11.2 Å². The Morgan fingerprint density at radius 1 is 1.31 bits per heavy atom. The first-order chi connectivity index (χ1) is 6.09. The van der Waals surface area contributed by atoms with Gasteiger partial charge in [-0.3, -0.25) is 4.79 Å². The summed E-state index contributed by atoms with van der Waals surface area (Å²) in [6.07, 6.45) is 1.21. The molecule has 0 aliphatic heterocycles. The maximum absolute atomic E-state index is 10.9. The Morgan fingerprint density at radius 2 is 2.00 bits per heavy atom. The zero-order valence-corrected chi connectivity index (χ0v) is 7.89. The average molecular weight is 179 g/mol. The molecule has 1 heterocycles. The SMILES string of the molecule is CC(=O)CCc1ccc(C(C)=O)[nH]1. The molecule has 70 valence electrons. The first-order valence-electron chi connectivity index (χ1n) is 4.28. The molecule has 1 rings (SSSR count). The molecule has 13 heavy (non-hydrogen) atoms. The van der Waals surface area contributed by atoms with E-state index >= 15 is 0 Å². The lowest BCUT2D eigenvalue weighted by Gasteiger charge is -1.93. The van der Waals surface area contributed by atoms with Gasteiger partial charge in [-0.15, -0.1) is 0 Å². The molecular formula is C10H13NO2. The third kappa shape index (κ3) is 2.86. The number of aryl methyl sites for hydroxylation is 1. The number of ketones is 2. The lowest BCUT2D eigenvalue weighted by atomic mass is 10.2. The number of hydrogen-bond donors (Lipinski definition) is 1. The molecule has 3 nitrogen and oxygen atoms in total. The van der Waals surface area contributed by atoms with Crippen LogP contribution in [0.1, 0.15) is 36.5 Å².